The highest BCUT2D eigenvalue weighted by molar-refractivity contribution is 6.07. The maximum Gasteiger partial charge on any atom is 0.0387 e. The van der Waals surface area contributed by atoms with Crippen molar-refractivity contribution in [2.45, 2.75) is 0 Å². The van der Waals surface area contributed by atoms with Gasteiger partial charge in [-0.15, -0.1) is 0 Å². The molecule has 106 valence electrons. The molecule has 0 radical (unpaired) electrons. The molecule has 0 bridgehead atoms. The maximum absolute atomic E-state index is 6.10. The first-order valence-electron chi connectivity index (χ1n) is 7.30. The van der Waals surface area contributed by atoms with Gasteiger partial charge in [0.15, 0.2) is 0 Å². The number of anilines is 2. The Morgan fingerprint density at radius 3 is 2.14 bits per heavy atom. The quantitative estimate of drug-likeness (QED) is 0.508. The van der Waals surface area contributed by atoms with E-state index in [1.54, 1.807) is 0 Å². The van der Waals surface area contributed by atoms with E-state index in [0.29, 0.717) is 0 Å². The molecule has 0 heterocycles. The minimum atomic E-state index is 0.776. The number of benzene rings is 3. The van der Waals surface area contributed by atoms with Crippen LogP contribution in [0.3, 0.4) is 0 Å². The van der Waals surface area contributed by atoms with Gasteiger partial charge in [-0.1, -0.05) is 48.5 Å². The van der Waals surface area contributed by atoms with Crippen LogP contribution in [0.15, 0.2) is 66.7 Å². The smallest absolute Gasteiger partial charge is 0.0387 e. The number of fused-ring (bicyclic) bond motifs is 3. The number of rotatable bonds is 1. The van der Waals surface area contributed by atoms with Crippen LogP contribution < -0.4 is 11.5 Å². The number of nitrogen functional groups attached to an aromatic ring is 2. The zero-order valence-corrected chi connectivity index (χ0v) is 12.1. The Morgan fingerprint density at radius 2 is 1.32 bits per heavy atom. The van der Waals surface area contributed by atoms with E-state index in [9.17, 15) is 0 Å². The summed E-state index contributed by atoms with van der Waals surface area (Å²) < 4.78 is 0. The molecule has 3 aromatic carbocycles. The first-order chi connectivity index (χ1) is 10.7. The van der Waals surface area contributed by atoms with E-state index in [4.69, 9.17) is 11.5 Å². The summed E-state index contributed by atoms with van der Waals surface area (Å²) in [5.74, 6) is 0. The lowest BCUT2D eigenvalue weighted by Crippen LogP contribution is -1.90. The molecule has 22 heavy (non-hydrogen) atoms. The van der Waals surface area contributed by atoms with Crippen molar-refractivity contribution in [1.29, 1.82) is 0 Å². The molecule has 2 heteroatoms. The lowest BCUT2D eigenvalue weighted by molar-refractivity contribution is 1.62. The summed E-state index contributed by atoms with van der Waals surface area (Å²) in [6.07, 6.45) is 2.15. The molecule has 0 saturated carbocycles. The molecule has 0 atom stereocenters. The van der Waals surface area contributed by atoms with E-state index in [1.165, 1.54) is 27.8 Å². The summed E-state index contributed by atoms with van der Waals surface area (Å²) in [6, 6.07) is 22.4. The topological polar surface area (TPSA) is 52.0 Å². The molecule has 4 N–H and O–H groups in total. The van der Waals surface area contributed by atoms with E-state index in [-0.39, 0.29) is 0 Å². The van der Waals surface area contributed by atoms with Gasteiger partial charge >= 0.3 is 0 Å². The van der Waals surface area contributed by atoms with E-state index < -0.39 is 0 Å². The van der Waals surface area contributed by atoms with E-state index in [1.807, 2.05) is 36.4 Å². The Hall–Kier alpha value is -3.00. The van der Waals surface area contributed by atoms with Crippen LogP contribution in [-0.2, 0) is 0 Å². The van der Waals surface area contributed by atoms with Gasteiger partial charge in [0.25, 0.3) is 0 Å². The molecule has 0 spiro atoms. The summed E-state index contributed by atoms with van der Waals surface area (Å²) >= 11 is 0. The van der Waals surface area contributed by atoms with Crippen LogP contribution in [0.25, 0.3) is 22.8 Å². The van der Waals surface area contributed by atoms with Crippen molar-refractivity contribution >= 4 is 23.0 Å². The molecule has 1 aliphatic rings. The third-order valence-corrected chi connectivity index (χ3v) is 4.14. The molecule has 2 nitrogen and oxygen atoms in total. The van der Waals surface area contributed by atoms with E-state index in [0.717, 1.165) is 16.9 Å². The molecule has 1 aliphatic carbocycles. The Labute approximate surface area is 129 Å². The lowest BCUT2D eigenvalue weighted by atomic mass is 10.00. The van der Waals surface area contributed by atoms with Crippen LogP contribution in [0.4, 0.5) is 11.4 Å². The summed E-state index contributed by atoms with van der Waals surface area (Å²) in [4.78, 5) is 0. The van der Waals surface area contributed by atoms with Crippen molar-refractivity contribution in [3.63, 3.8) is 0 Å². The fraction of sp³-hybridized carbons (Fsp3) is 0. The van der Waals surface area contributed by atoms with Crippen LogP contribution in [0.1, 0.15) is 16.7 Å². The SMILES string of the molecule is Nc1ccc2c(c1)/C(=C/c1ccccc1N)c1ccccc1-2. The van der Waals surface area contributed by atoms with Crippen LogP contribution >= 0.6 is 0 Å². The fourth-order valence-electron chi connectivity index (χ4n) is 3.07. The minimum Gasteiger partial charge on any atom is -0.399 e. The van der Waals surface area contributed by atoms with Gasteiger partial charge in [-0.2, -0.15) is 0 Å². The Bertz CT molecular complexity index is 907. The van der Waals surface area contributed by atoms with Gasteiger partial charge in [0.05, 0.1) is 0 Å². The Balaban J connectivity index is 2.00. The van der Waals surface area contributed by atoms with Crippen LogP contribution in [0.2, 0.25) is 0 Å². The molecule has 4 rings (SSSR count). The number of para-hydroxylation sites is 1. The van der Waals surface area contributed by atoms with Gasteiger partial charge < -0.3 is 11.5 Å². The first-order valence-corrected chi connectivity index (χ1v) is 7.30. The van der Waals surface area contributed by atoms with Crippen molar-refractivity contribution in [1.82, 2.24) is 0 Å². The fourth-order valence-corrected chi connectivity index (χ4v) is 3.07. The van der Waals surface area contributed by atoms with Gasteiger partial charge in [-0.3, -0.25) is 0 Å². The van der Waals surface area contributed by atoms with Crippen molar-refractivity contribution in [2.75, 3.05) is 11.5 Å². The molecule has 0 amide bonds. The second-order valence-electron chi connectivity index (χ2n) is 5.54. The largest absolute Gasteiger partial charge is 0.399 e. The van der Waals surface area contributed by atoms with Crippen LogP contribution in [0.5, 0.6) is 0 Å². The molecule has 0 aliphatic heterocycles. The van der Waals surface area contributed by atoms with Crippen molar-refractivity contribution in [2.24, 2.45) is 0 Å². The molecule has 0 unspecified atom stereocenters. The monoisotopic (exact) mass is 284 g/mol. The lowest BCUT2D eigenvalue weighted by Gasteiger charge is -2.06. The normalized spacial score (nSPS) is 13.9. The maximum atomic E-state index is 6.10. The third kappa shape index (κ3) is 1.89. The average molecular weight is 284 g/mol. The minimum absolute atomic E-state index is 0.776. The Kier molecular flexibility index (Phi) is 2.76. The van der Waals surface area contributed by atoms with Crippen molar-refractivity contribution < 1.29 is 0 Å². The number of hydrogen-bond donors (Lipinski definition) is 2. The summed E-state index contributed by atoms with van der Waals surface area (Å²) in [6.45, 7) is 0. The third-order valence-electron chi connectivity index (χ3n) is 4.14. The molecule has 0 saturated heterocycles. The predicted octanol–water partition coefficient (Wildman–Crippen LogP) is 4.42. The highest BCUT2D eigenvalue weighted by Crippen LogP contribution is 2.45. The molecular weight excluding hydrogens is 268 g/mol. The molecule has 0 fully saturated rings. The van der Waals surface area contributed by atoms with Gasteiger partial charge in [0.1, 0.15) is 0 Å². The predicted molar refractivity (Wildman–Crippen MR) is 94.1 cm³/mol. The highest BCUT2D eigenvalue weighted by Gasteiger charge is 2.23. The summed E-state index contributed by atoms with van der Waals surface area (Å²) in [5.41, 5.74) is 20.7. The zero-order valence-electron chi connectivity index (χ0n) is 12.1. The van der Waals surface area contributed by atoms with Crippen LogP contribution in [0, 0.1) is 0 Å². The molecule has 0 aromatic heterocycles. The highest BCUT2D eigenvalue weighted by atomic mass is 14.6. The zero-order chi connectivity index (χ0) is 15.1. The first kappa shape index (κ1) is 12.7. The van der Waals surface area contributed by atoms with Gasteiger partial charge in [-0.05, 0) is 57.7 Å². The van der Waals surface area contributed by atoms with Gasteiger partial charge in [0.2, 0.25) is 0 Å². The van der Waals surface area contributed by atoms with Crippen molar-refractivity contribution in [3.8, 4) is 11.1 Å². The number of nitrogens with two attached hydrogens (primary N) is 2. The second-order valence-corrected chi connectivity index (χ2v) is 5.54. The van der Waals surface area contributed by atoms with Crippen molar-refractivity contribution in [3.05, 3.63) is 83.4 Å². The van der Waals surface area contributed by atoms with Gasteiger partial charge in [0, 0.05) is 11.4 Å². The van der Waals surface area contributed by atoms with E-state index in [2.05, 4.69) is 36.4 Å². The van der Waals surface area contributed by atoms with Gasteiger partial charge in [-0.25, -0.2) is 0 Å². The summed E-state index contributed by atoms with van der Waals surface area (Å²) in [7, 11) is 0. The summed E-state index contributed by atoms with van der Waals surface area (Å²) in [5, 5.41) is 0. The van der Waals surface area contributed by atoms with Crippen LogP contribution in [-0.4, -0.2) is 0 Å². The second kappa shape index (κ2) is 4.78. The molecule has 3 aromatic rings. The molecular formula is C20H16N2. The Morgan fingerprint density at radius 1 is 0.636 bits per heavy atom. The number of hydrogen-bond acceptors (Lipinski definition) is 2. The average Bonchev–Trinajstić information content (AvgIpc) is 2.83. The standard InChI is InChI=1S/C20H16N2/c21-14-9-10-17-15-6-2-3-7-16(15)18(19(17)12-14)11-13-5-1-4-8-20(13)22/h1-12H,21-22H2/b18-11+. The van der Waals surface area contributed by atoms with E-state index >= 15 is 0 Å².